The molecule has 1 aromatic heterocycles. The Morgan fingerprint density at radius 2 is 1.96 bits per heavy atom. The number of hydrogen-bond donors (Lipinski definition) is 4. The normalized spacial score (nSPS) is 17.5. The van der Waals surface area contributed by atoms with Crippen LogP contribution < -0.4 is 22.1 Å². The highest BCUT2D eigenvalue weighted by molar-refractivity contribution is 6.03. The number of amides is 1. The molecule has 2 aromatic rings. The molecule has 1 aromatic carbocycles. The van der Waals surface area contributed by atoms with Crippen molar-refractivity contribution in [3.8, 4) is 0 Å². The highest BCUT2D eigenvalue weighted by Gasteiger charge is 2.46. The number of anilines is 3. The minimum Gasteiger partial charge on any atom is -0.383 e. The quantitative estimate of drug-likeness (QED) is 0.648. The molecule has 0 radical (unpaired) electrons. The van der Waals surface area contributed by atoms with E-state index in [-0.39, 0.29) is 11.4 Å². The van der Waals surface area contributed by atoms with Crippen molar-refractivity contribution in [2.24, 2.45) is 5.73 Å². The van der Waals surface area contributed by atoms with Crippen molar-refractivity contribution in [3.05, 3.63) is 40.2 Å². The fourth-order valence-corrected chi connectivity index (χ4v) is 4.78. The lowest BCUT2D eigenvalue weighted by molar-refractivity contribution is 0.0909. The predicted molar refractivity (Wildman–Crippen MR) is 111 cm³/mol. The lowest BCUT2D eigenvalue weighted by Gasteiger charge is -2.36. The van der Waals surface area contributed by atoms with Gasteiger partial charge in [0.15, 0.2) is 0 Å². The molecule has 1 spiro atoms. The molecule has 2 heterocycles. The van der Waals surface area contributed by atoms with Gasteiger partial charge in [0.2, 0.25) is 0 Å². The van der Waals surface area contributed by atoms with Gasteiger partial charge in [-0.25, -0.2) is 9.97 Å². The summed E-state index contributed by atoms with van der Waals surface area (Å²) in [6.07, 6.45) is 7.58. The van der Waals surface area contributed by atoms with E-state index < -0.39 is 0 Å². The Kier molecular flexibility index (Phi) is 4.71. The summed E-state index contributed by atoms with van der Waals surface area (Å²) >= 11 is 0. The summed E-state index contributed by atoms with van der Waals surface area (Å²) in [6, 6.07) is 2.03. The van der Waals surface area contributed by atoms with Gasteiger partial charge in [0, 0.05) is 16.8 Å². The molecule has 1 amide bonds. The Labute approximate surface area is 165 Å². The van der Waals surface area contributed by atoms with Gasteiger partial charge in [-0.2, -0.15) is 0 Å². The van der Waals surface area contributed by atoms with Gasteiger partial charge in [-0.1, -0.05) is 19.3 Å². The Morgan fingerprint density at radius 3 is 2.68 bits per heavy atom. The number of rotatable bonds is 4. The molecule has 1 saturated carbocycles. The summed E-state index contributed by atoms with van der Waals surface area (Å²) in [5.41, 5.74) is 17.5. The van der Waals surface area contributed by atoms with Crippen LogP contribution in [0.3, 0.4) is 0 Å². The number of benzene rings is 1. The van der Waals surface area contributed by atoms with Crippen LogP contribution >= 0.6 is 0 Å². The van der Waals surface area contributed by atoms with Crippen molar-refractivity contribution in [2.45, 2.75) is 57.9 Å². The first-order valence-corrected chi connectivity index (χ1v) is 10.0. The van der Waals surface area contributed by atoms with Crippen LogP contribution in [0, 0.1) is 13.8 Å². The highest BCUT2D eigenvalue weighted by Crippen LogP contribution is 2.47. The number of carbonyl (C=O) groups is 1. The number of hydrogen-bond acceptors (Lipinski definition) is 6. The van der Waals surface area contributed by atoms with Crippen molar-refractivity contribution in [2.75, 3.05) is 17.6 Å². The molecule has 148 valence electrons. The van der Waals surface area contributed by atoms with Crippen molar-refractivity contribution < 1.29 is 4.79 Å². The number of carbonyl (C=O) groups excluding carboxylic acids is 1. The van der Waals surface area contributed by atoms with E-state index in [0.29, 0.717) is 24.6 Å². The number of nitrogens with zero attached hydrogens (tertiary/aromatic N) is 2. The zero-order chi connectivity index (χ0) is 19.9. The molecule has 7 heteroatoms. The van der Waals surface area contributed by atoms with E-state index in [1.165, 1.54) is 12.7 Å². The molecule has 1 aliphatic carbocycles. The van der Waals surface area contributed by atoms with Crippen LogP contribution in [-0.4, -0.2) is 22.4 Å². The molecule has 1 aliphatic heterocycles. The third-order valence-electron chi connectivity index (χ3n) is 6.17. The van der Waals surface area contributed by atoms with Crippen LogP contribution in [0.1, 0.15) is 64.7 Å². The number of aryl methyl sites for hydroxylation is 1. The topological polar surface area (TPSA) is 119 Å². The van der Waals surface area contributed by atoms with E-state index >= 15 is 0 Å². The van der Waals surface area contributed by atoms with Crippen LogP contribution in [0.25, 0.3) is 0 Å². The van der Waals surface area contributed by atoms with Crippen LogP contribution in [0.2, 0.25) is 0 Å². The number of aromatic nitrogens is 2. The van der Waals surface area contributed by atoms with Crippen molar-refractivity contribution in [1.82, 2.24) is 15.3 Å². The third kappa shape index (κ3) is 2.90. The van der Waals surface area contributed by atoms with Crippen molar-refractivity contribution in [3.63, 3.8) is 0 Å². The second-order valence-corrected chi connectivity index (χ2v) is 7.96. The van der Waals surface area contributed by atoms with E-state index in [1.54, 1.807) is 0 Å². The van der Waals surface area contributed by atoms with E-state index in [2.05, 4.69) is 20.6 Å². The molecule has 4 rings (SSSR count). The summed E-state index contributed by atoms with van der Waals surface area (Å²) in [4.78, 5) is 21.3. The second-order valence-electron chi connectivity index (χ2n) is 7.96. The molecule has 6 N–H and O–H groups in total. The van der Waals surface area contributed by atoms with Gasteiger partial charge in [0.05, 0.1) is 5.54 Å². The molecule has 0 saturated heterocycles. The van der Waals surface area contributed by atoms with Crippen LogP contribution in [0.15, 0.2) is 12.4 Å². The SMILES string of the molecule is Cc1cc(Nc2ncnc(N)c2C)c(CCN)c2c1C(=O)NC21CCCCC1. The Morgan fingerprint density at radius 1 is 1.21 bits per heavy atom. The zero-order valence-corrected chi connectivity index (χ0v) is 16.6. The van der Waals surface area contributed by atoms with Gasteiger partial charge < -0.3 is 22.1 Å². The number of nitrogen functional groups attached to an aromatic ring is 1. The first kappa shape index (κ1) is 18.7. The highest BCUT2D eigenvalue weighted by atomic mass is 16.2. The lowest BCUT2D eigenvalue weighted by Crippen LogP contribution is -2.41. The third-order valence-corrected chi connectivity index (χ3v) is 6.17. The maximum absolute atomic E-state index is 12.9. The van der Waals surface area contributed by atoms with Crippen LogP contribution in [-0.2, 0) is 12.0 Å². The van der Waals surface area contributed by atoms with Gasteiger partial charge in [0.1, 0.15) is 18.0 Å². The smallest absolute Gasteiger partial charge is 0.252 e. The van der Waals surface area contributed by atoms with Gasteiger partial charge in [-0.15, -0.1) is 0 Å². The molecule has 0 atom stereocenters. The fraction of sp³-hybridized carbons (Fsp3) is 0.476. The second kappa shape index (κ2) is 7.05. The maximum Gasteiger partial charge on any atom is 0.252 e. The minimum absolute atomic E-state index is 0.0432. The minimum atomic E-state index is -0.267. The standard InChI is InChI=1S/C21H28N6O/c1-12-10-15(26-19-13(2)18(23)24-11-25-19)14(6-9-22)17-16(12)20(28)27-21(17)7-4-3-5-8-21/h10-11H,3-9,22H2,1-2H3,(H,27,28)(H3,23,24,25,26). The first-order chi connectivity index (χ1) is 13.5. The van der Waals surface area contributed by atoms with E-state index in [4.69, 9.17) is 11.5 Å². The molecular weight excluding hydrogens is 352 g/mol. The monoisotopic (exact) mass is 380 g/mol. The van der Waals surface area contributed by atoms with E-state index in [0.717, 1.165) is 59.2 Å². The molecule has 7 nitrogen and oxygen atoms in total. The Bertz CT molecular complexity index is 933. The summed E-state index contributed by atoms with van der Waals surface area (Å²) < 4.78 is 0. The molecule has 1 fully saturated rings. The zero-order valence-electron chi connectivity index (χ0n) is 16.6. The molecular formula is C21H28N6O. The molecule has 0 unspecified atom stereocenters. The predicted octanol–water partition coefficient (Wildman–Crippen LogP) is 2.82. The van der Waals surface area contributed by atoms with E-state index in [9.17, 15) is 4.79 Å². The van der Waals surface area contributed by atoms with Crippen molar-refractivity contribution >= 4 is 23.2 Å². The van der Waals surface area contributed by atoms with Gasteiger partial charge >= 0.3 is 0 Å². The van der Waals surface area contributed by atoms with Gasteiger partial charge in [0.25, 0.3) is 5.91 Å². The first-order valence-electron chi connectivity index (χ1n) is 10.0. The summed E-state index contributed by atoms with van der Waals surface area (Å²) in [6.45, 7) is 4.41. The van der Waals surface area contributed by atoms with Crippen LogP contribution in [0.5, 0.6) is 0 Å². The largest absolute Gasteiger partial charge is 0.383 e. The number of nitrogens with one attached hydrogen (secondary N) is 2. The number of fused-ring (bicyclic) bond motifs is 2. The summed E-state index contributed by atoms with van der Waals surface area (Å²) in [7, 11) is 0. The molecule has 2 aliphatic rings. The number of nitrogens with two attached hydrogens (primary N) is 2. The molecule has 0 bridgehead atoms. The van der Waals surface area contributed by atoms with Gasteiger partial charge in [-0.3, -0.25) is 4.79 Å². The summed E-state index contributed by atoms with van der Waals surface area (Å²) in [5.74, 6) is 1.18. The van der Waals surface area contributed by atoms with Crippen molar-refractivity contribution in [1.29, 1.82) is 0 Å². The Balaban J connectivity index is 1.89. The summed E-state index contributed by atoms with van der Waals surface area (Å²) in [5, 5.41) is 6.78. The average Bonchev–Trinajstić information content (AvgIpc) is 2.95. The van der Waals surface area contributed by atoms with Gasteiger partial charge in [-0.05, 0) is 62.4 Å². The Hall–Kier alpha value is -2.67. The lowest BCUT2D eigenvalue weighted by atomic mass is 9.74. The fourth-order valence-electron chi connectivity index (χ4n) is 4.78. The van der Waals surface area contributed by atoms with E-state index in [1.807, 2.05) is 19.9 Å². The van der Waals surface area contributed by atoms with Crippen LogP contribution in [0.4, 0.5) is 17.3 Å². The average molecular weight is 380 g/mol. The molecule has 28 heavy (non-hydrogen) atoms. The maximum atomic E-state index is 12.9.